The quantitative estimate of drug-likeness (QED) is 0.926. The van der Waals surface area contributed by atoms with Crippen LogP contribution >= 0.6 is 0 Å². The molecule has 0 unspecified atom stereocenters. The van der Waals surface area contributed by atoms with E-state index in [0.717, 1.165) is 51.8 Å². The van der Waals surface area contributed by atoms with Crippen LogP contribution < -0.4 is 5.32 Å². The molecule has 2 saturated heterocycles. The number of carbonyl (C=O) groups excluding carboxylic acids is 1. The zero-order chi connectivity index (χ0) is 16.1. The summed E-state index contributed by atoms with van der Waals surface area (Å²) in [6.45, 7) is 4.61. The minimum atomic E-state index is 0.0751. The number of hydrogen-bond donors (Lipinski definition) is 1. The SMILES string of the molecule is C[C@H](NC(=O)N1CCC(Cc2ccccc2)CC1)[C@H]1CCCO1. The molecule has 1 aromatic carbocycles. The Bertz CT molecular complexity index is 491. The number of nitrogens with one attached hydrogen (secondary N) is 1. The van der Waals surface area contributed by atoms with Crippen LogP contribution in [0.1, 0.15) is 38.2 Å². The molecular weight excluding hydrogens is 288 g/mol. The number of ether oxygens (including phenoxy) is 1. The first-order chi connectivity index (χ1) is 11.2. The summed E-state index contributed by atoms with van der Waals surface area (Å²) in [5, 5.41) is 3.12. The third-order valence-corrected chi connectivity index (χ3v) is 5.14. The van der Waals surface area contributed by atoms with Gasteiger partial charge in [-0.2, -0.15) is 0 Å². The lowest BCUT2D eigenvalue weighted by Crippen LogP contribution is -2.50. The number of nitrogens with zero attached hydrogens (tertiary/aromatic N) is 1. The van der Waals surface area contributed by atoms with Crippen molar-refractivity contribution < 1.29 is 9.53 Å². The van der Waals surface area contributed by atoms with Gasteiger partial charge >= 0.3 is 6.03 Å². The van der Waals surface area contributed by atoms with Crippen molar-refractivity contribution in [1.29, 1.82) is 0 Å². The molecule has 0 aromatic heterocycles. The number of hydrogen-bond acceptors (Lipinski definition) is 2. The molecule has 3 rings (SSSR count). The molecule has 2 heterocycles. The highest BCUT2D eigenvalue weighted by Crippen LogP contribution is 2.22. The van der Waals surface area contributed by atoms with E-state index in [-0.39, 0.29) is 18.2 Å². The highest BCUT2D eigenvalue weighted by atomic mass is 16.5. The second kappa shape index (κ2) is 7.82. The van der Waals surface area contributed by atoms with Crippen LogP contribution in [-0.4, -0.2) is 42.8 Å². The first-order valence-corrected chi connectivity index (χ1v) is 8.93. The molecule has 1 N–H and O–H groups in total. The summed E-state index contributed by atoms with van der Waals surface area (Å²) >= 11 is 0. The van der Waals surface area contributed by atoms with Crippen LogP contribution in [0, 0.1) is 5.92 Å². The molecule has 0 spiro atoms. The van der Waals surface area contributed by atoms with E-state index in [1.165, 1.54) is 5.56 Å². The van der Waals surface area contributed by atoms with Gasteiger partial charge in [0.15, 0.2) is 0 Å². The third kappa shape index (κ3) is 4.47. The lowest BCUT2D eigenvalue weighted by molar-refractivity contribution is 0.0819. The van der Waals surface area contributed by atoms with Crippen molar-refractivity contribution in [3.05, 3.63) is 35.9 Å². The van der Waals surface area contributed by atoms with Crippen LogP contribution in [0.5, 0.6) is 0 Å². The van der Waals surface area contributed by atoms with E-state index in [0.29, 0.717) is 5.92 Å². The van der Waals surface area contributed by atoms with E-state index in [4.69, 9.17) is 4.74 Å². The number of carbonyl (C=O) groups is 1. The molecule has 4 heteroatoms. The Morgan fingerprint density at radius 3 is 2.65 bits per heavy atom. The van der Waals surface area contributed by atoms with Crippen LogP contribution in [0.2, 0.25) is 0 Å². The van der Waals surface area contributed by atoms with Gasteiger partial charge in [0.2, 0.25) is 0 Å². The number of amides is 2. The molecule has 2 fully saturated rings. The first-order valence-electron chi connectivity index (χ1n) is 8.93. The third-order valence-electron chi connectivity index (χ3n) is 5.14. The molecule has 2 atom stereocenters. The predicted molar refractivity (Wildman–Crippen MR) is 91.4 cm³/mol. The smallest absolute Gasteiger partial charge is 0.317 e. The molecule has 0 bridgehead atoms. The van der Waals surface area contributed by atoms with Gasteiger partial charge < -0.3 is 15.0 Å². The number of piperidine rings is 1. The molecule has 0 saturated carbocycles. The fraction of sp³-hybridized carbons (Fsp3) is 0.632. The summed E-state index contributed by atoms with van der Waals surface area (Å²) in [4.78, 5) is 14.4. The maximum absolute atomic E-state index is 12.4. The average Bonchev–Trinajstić information content (AvgIpc) is 3.11. The van der Waals surface area contributed by atoms with Crippen LogP contribution in [-0.2, 0) is 11.2 Å². The number of benzene rings is 1. The van der Waals surface area contributed by atoms with Crippen LogP contribution in [0.25, 0.3) is 0 Å². The van der Waals surface area contributed by atoms with Crippen molar-refractivity contribution in [1.82, 2.24) is 10.2 Å². The van der Waals surface area contributed by atoms with E-state index in [9.17, 15) is 4.79 Å². The molecular formula is C19H28N2O2. The fourth-order valence-electron chi connectivity index (χ4n) is 3.66. The van der Waals surface area contributed by atoms with Gasteiger partial charge in [-0.25, -0.2) is 4.79 Å². The Kier molecular flexibility index (Phi) is 5.55. The summed E-state index contributed by atoms with van der Waals surface area (Å²) in [6, 6.07) is 10.8. The molecule has 1 aromatic rings. The second-order valence-electron chi connectivity index (χ2n) is 6.91. The Morgan fingerprint density at radius 2 is 2.00 bits per heavy atom. The Morgan fingerprint density at radius 1 is 1.26 bits per heavy atom. The molecule has 2 amide bonds. The van der Waals surface area contributed by atoms with E-state index in [1.54, 1.807) is 0 Å². The van der Waals surface area contributed by atoms with Crippen LogP contribution in [0.3, 0.4) is 0 Å². The largest absolute Gasteiger partial charge is 0.376 e. The summed E-state index contributed by atoms with van der Waals surface area (Å²) in [6.07, 6.45) is 5.67. The number of urea groups is 1. The molecule has 2 aliphatic heterocycles. The minimum Gasteiger partial charge on any atom is -0.376 e. The fourth-order valence-corrected chi connectivity index (χ4v) is 3.66. The lowest BCUT2D eigenvalue weighted by atomic mass is 9.90. The van der Waals surface area contributed by atoms with Gasteiger partial charge in [-0.3, -0.25) is 0 Å². The van der Waals surface area contributed by atoms with Crippen LogP contribution in [0.15, 0.2) is 30.3 Å². The summed E-state index contributed by atoms with van der Waals surface area (Å²) in [5.74, 6) is 0.692. The summed E-state index contributed by atoms with van der Waals surface area (Å²) in [7, 11) is 0. The maximum Gasteiger partial charge on any atom is 0.317 e. The first kappa shape index (κ1) is 16.3. The van der Waals surface area contributed by atoms with Crippen molar-refractivity contribution in [2.45, 2.75) is 51.2 Å². The van der Waals surface area contributed by atoms with E-state index in [1.807, 2.05) is 4.90 Å². The molecule has 126 valence electrons. The topological polar surface area (TPSA) is 41.6 Å². The van der Waals surface area contributed by atoms with Crippen molar-refractivity contribution in [2.24, 2.45) is 5.92 Å². The normalized spacial score (nSPS) is 23.7. The Balaban J connectivity index is 1.42. The van der Waals surface area contributed by atoms with Gasteiger partial charge in [-0.05, 0) is 50.5 Å². The van der Waals surface area contributed by atoms with Gasteiger partial charge in [0.1, 0.15) is 0 Å². The number of rotatable bonds is 4. The van der Waals surface area contributed by atoms with Crippen LogP contribution in [0.4, 0.5) is 4.79 Å². The van der Waals surface area contributed by atoms with Gasteiger partial charge in [0.05, 0.1) is 12.1 Å². The minimum absolute atomic E-state index is 0.0751. The average molecular weight is 316 g/mol. The van der Waals surface area contributed by atoms with Gasteiger partial charge in [0.25, 0.3) is 0 Å². The zero-order valence-electron chi connectivity index (χ0n) is 14.0. The maximum atomic E-state index is 12.4. The Labute approximate surface area is 139 Å². The molecule has 23 heavy (non-hydrogen) atoms. The van der Waals surface area contributed by atoms with Crippen molar-refractivity contribution in [3.63, 3.8) is 0 Å². The summed E-state index contributed by atoms with van der Waals surface area (Å²) in [5.41, 5.74) is 1.41. The van der Waals surface area contributed by atoms with Gasteiger partial charge in [0, 0.05) is 19.7 Å². The molecule has 0 aliphatic carbocycles. The lowest BCUT2D eigenvalue weighted by Gasteiger charge is -2.33. The van der Waals surface area contributed by atoms with Gasteiger partial charge in [-0.1, -0.05) is 30.3 Å². The van der Waals surface area contributed by atoms with Gasteiger partial charge in [-0.15, -0.1) is 0 Å². The standard InChI is InChI=1S/C19H28N2O2/c1-15(18-8-5-13-23-18)20-19(22)21-11-9-17(10-12-21)14-16-6-3-2-4-7-16/h2-4,6-7,15,17-18H,5,8-14H2,1H3,(H,20,22)/t15-,18+/m0/s1. The zero-order valence-corrected chi connectivity index (χ0v) is 14.0. The van der Waals surface area contributed by atoms with Crippen molar-refractivity contribution in [3.8, 4) is 0 Å². The summed E-state index contributed by atoms with van der Waals surface area (Å²) < 4.78 is 5.65. The second-order valence-corrected chi connectivity index (χ2v) is 6.91. The number of likely N-dealkylation sites (tertiary alicyclic amines) is 1. The monoisotopic (exact) mass is 316 g/mol. The van der Waals surface area contributed by atoms with Crippen molar-refractivity contribution >= 4 is 6.03 Å². The molecule has 4 nitrogen and oxygen atoms in total. The highest BCUT2D eigenvalue weighted by Gasteiger charge is 2.27. The predicted octanol–water partition coefficient (Wildman–Crippen LogP) is 3.22. The van der Waals surface area contributed by atoms with Crippen molar-refractivity contribution in [2.75, 3.05) is 19.7 Å². The Hall–Kier alpha value is -1.55. The molecule has 0 radical (unpaired) electrons. The van der Waals surface area contributed by atoms with E-state index >= 15 is 0 Å². The molecule has 2 aliphatic rings. The van der Waals surface area contributed by atoms with E-state index in [2.05, 4.69) is 42.6 Å². The van der Waals surface area contributed by atoms with E-state index < -0.39 is 0 Å². The highest BCUT2D eigenvalue weighted by molar-refractivity contribution is 5.74.